The van der Waals surface area contributed by atoms with Crippen LogP contribution in [0.4, 0.5) is 13.2 Å². The molecule has 3 aromatic heterocycles. The van der Waals surface area contributed by atoms with Crippen molar-refractivity contribution in [3.8, 4) is 0 Å². The Kier molecular flexibility index (Phi) is 4.99. The highest BCUT2D eigenvalue weighted by Crippen LogP contribution is 2.40. The average molecular weight is 422 g/mol. The van der Waals surface area contributed by atoms with Crippen molar-refractivity contribution in [3.05, 3.63) is 34.7 Å². The van der Waals surface area contributed by atoms with Gasteiger partial charge >= 0.3 is 6.18 Å². The van der Waals surface area contributed by atoms with Gasteiger partial charge < -0.3 is 9.42 Å². The van der Waals surface area contributed by atoms with E-state index in [1.165, 1.54) is 11.6 Å². The van der Waals surface area contributed by atoms with E-state index in [1.54, 1.807) is 18.7 Å². The molecule has 30 heavy (non-hydrogen) atoms. The van der Waals surface area contributed by atoms with Gasteiger partial charge in [0, 0.05) is 24.7 Å². The number of aromatic nitrogens is 5. The summed E-state index contributed by atoms with van der Waals surface area (Å²) in [5.74, 6) is 0.681. The van der Waals surface area contributed by atoms with Gasteiger partial charge in [0.25, 0.3) is 5.71 Å². The third kappa shape index (κ3) is 3.75. The Morgan fingerprint density at radius 2 is 2.03 bits per heavy atom. The van der Waals surface area contributed by atoms with Crippen LogP contribution in [0.1, 0.15) is 47.4 Å². The van der Waals surface area contributed by atoms with Gasteiger partial charge in [-0.25, -0.2) is 14.6 Å². The summed E-state index contributed by atoms with van der Waals surface area (Å²) in [5, 5.41) is 8.01. The lowest BCUT2D eigenvalue weighted by Gasteiger charge is -2.32. The number of amides is 1. The van der Waals surface area contributed by atoms with Gasteiger partial charge in [-0.15, -0.1) is 0 Å². The molecule has 8 nitrogen and oxygen atoms in total. The van der Waals surface area contributed by atoms with E-state index in [4.69, 9.17) is 4.52 Å². The minimum atomic E-state index is -4.56. The van der Waals surface area contributed by atoms with Crippen LogP contribution in [0, 0.1) is 20.8 Å². The van der Waals surface area contributed by atoms with Crippen molar-refractivity contribution in [2.75, 3.05) is 13.1 Å². The summed E-state index contributed by atoms with van der Waals surface area (Å²) in [7, 11) is 0. The summed E-state index contributed by atoms with van der Waals surface area (Å²) in [5.41, 5.74) is -0.528. The van der Waals surface area contributed by atoms with Crippen molar-refractivity contribution < 1.29 is 22.5 Å². The molecule has 1 atom stereocenters. The molecule has 1 aliphatic rings. The van der Waals surface area contributed by atoms with Crippen LogP contribution in [0.2, 0.25) is 0 Å². The third-order valence-corrected chi connectivity index (χ3v) is 5.31. The SMILES string of the molecule is Cc1cc(C(F)(F)F)c2c(C3CCCN(C(=O)Cn4nc(C)nc4C)C3)noc2n1. The number of halogens is 3. The Morgan fingerprint density at radius 3 is 2.70 bits per heavy atom. The average Bonchev–Trinajstić information content (AvgIpc) is 3.22. The minimum Gasteiger partial charge on any atom is -0.340 e. The second kappa shape index (κ2) is 7.37. The summed E-state index contributed by atoms with van der Waals surface area (Å²) in [6.07, 6.45) is -3.29. The molecule has 0 saturated carbocycles. The zero-order valence-electron chi connectivity index (χ0n) is 16.8. The number of hydrogen-bond donors (Lipinski definition) is 0. The Bertz CT molecular complexity index is 1100. The fourth-order valence-corrected chi connectivity index (χ4v) is 3.96. The van der Waals surface area contributed by atoms with E-state index in [2.05, 4.69) is 20.2 Å². The predicted molar refractivity (Wildman–Crippen MR) is 99.6 cm³/mol. The van der Waals surface area contributed by atoms with Gasteiger partial charge in [0.15, 0.2) is 0 Å². The Balaban J connectivity index is 1.61. The van der Waals surface area contributed by atoms with Gasteiger partial charge in [-0.1, -0.05) is 5.16 Å². The fraction of sp³-hybridized carbons (Fsp3) is 0.526. The molecule has 1 fully saturated rings. The standard InChI is InChI=1S/C19H21F3N6O2/c1-10-7-14(19(20,21)22)16-17(26-30-18(16)23-10)13-5-4-6-27(8-13)15(29)9-28-12(3)24-11(2)25-28/h7,13H,4-6,8-9H2,1-3H3. The summed E-state index contributed by atoms with van der Waals surface area (Å²) >= 11 is 0. The van der Waals surface area contributed by atoms with Crippen molar-refractivity contribution in [2.24, 2.45) is 0 Å². The lowest BCUT2D eigenvalue weighted by Crippen LogP contribution is -2.41. The van der Waals surface area contributed by atoms with Gasteiger partial charge in [0.05, 0.1) is 16.6 Å². The lowest BCUT2D eigenvalue weighted by atomic mass is 9.91. The largest absolute Gasteiger partial charge is 0.417 e. The van der Waals surface area contributed by atoms with Crippen LogP contribution in [0.15, 0.2) is 10.6 Å². The van der Waals surface area contributed by atoms with Gasteiger partial charge in [0.1, 0.15) is 18.2 Å². The molecule has 4 heterocycles. The highest BCUT2D eigenvalue weighted by atomic mass is 19.4. The molecule has 0 radical (unpaired) electrons. The van der Waals surface area contributed by atoms with Crippen molar-refractivity contribution in [3.63, 3.8) is 0 Å². The van der Waals surface area contributed by atoms with E-state index in [0.29, 0.717) is 31.0 Å². The highest BCUT2D eigenvalue weighted by molar-refractivity contribution is 5.82. The minimum absolute atomic E-state index is 0.0352. The second-order valence-electron chi connectivity index (χ2n) is 7.60. The Morgan fingerprint density at radius 1 is 1.27 bits per heavy atom. The number of nitrogens with zero attached hydrogens (tertiary/aromatic N) is 6. The van der Waals surface area contributed by atoms with E-state index in [9.17, 15) is 18.0 Å². The number of hydrogen-bond acceptors (Lipinski definition) is 6. The number of alkyl halides is 3. The number of rotatable bonds is 3. The summed E-state index contributed by atoms with van der Waals surface area (Å²) in [4.78, 5) is 22.7. The molecular weight excluding hydrogens is 401 g/mol. The normalized spacial score (nSPS) is 17.7. The fourth-order valence-electron chi connectivity index (χ4n) is 3.96. The van der Waals surface area contributed by atoms with Gasteiger partial charge in [-0.3, -0.25) is 4.79 Å². The number of aryl methyl sites for hydroxylation is 3. The monoisotopic (exact) mass is 422 g/mol. The van der Waals surface area contributed by atoms with Crippen molar-refractivity contribution in [1.82, 2.24) is 29.8 Å². The van der Waals surface area contributed by atoms with Crippen LogP contribution in [0.25, 0.3) is 11.1 Å². The number of fused-ring (bicyclic) bond motifs is 1. The summed E-state index contributed by atoms with van der Waals surface area (Å²) in [6.45, 7) is 5.81. The maximum atomic E-state index is 13.6. The van der Waals surface area contributed by atoms with Crippen molar-refractivity contribution in [1.29, 1.82) is 0 Å². The van der Waals surface area contributed by atoms with Crippen molar-refractivity contribution >= 4 is 17.0 Å². The number of carbonyl (C=O) groups is 1. The molecule has 11 heteroatoms. The second-order valence-corrected chi connectivity index (χ2v) is 7.60. The molecule has 0 N–H and O–H groups in total. The lowest BCUT2D eigenvalue weighted by molar-refractivity contribution is -0.136. The number of carbonyl (C=O) groups excluding carboxylic acids is 1. The van der Waals surface area contributed by atoms with E-state index >= 15 is 0 Å². The zero-order chi connectivity index (χ0) is 21.6. The highest BCUT2D eigenvalue weighted by Gasteiger charge is 2.38. The Labute approximate surface area is 170 Å². The zero-order valence-corrected chi connectivity index (χ0v) is 16.8. The van der Waals surface area contributed by atoms with Gasteiger partial charge in [0.2, 0.25) is 5.91 Å². The first-order chi connectivity index (χ1) is 14.1. The predicted octanol–water partition coefficient (Wildman–Crippen LogP) is 3.16. The third-order valence-electron chi connectivity index (χ3n) is 5.31. The Hall–Kier alpha value is -2.98. The van der Waals surface area contributed by atoms with Crippen LogP contribution < -0.4 is 0 Å². The molecule has 4 rings (SSSR count). The number of piperidine rings is 1. The first-order valence-corrected chi connectivity index (χ1v) is 9.63. The van der Waals surface area contributed by atoms with Crippen LogP contribution >= 0.6 is 0 Å². The molecule has 160 valence electrons. The summed E-state index contributed by atoms with van der Waals surface area (Å²) < 4.78 is 47.6. The molecule has 1 saturated heterocycles. The van der Waals surface area contributed by atoms with Crippen LogP contribution in [-0.4, -0.2) is 48.8 Å². The number of likely N-dealkylation sites (tertiary alicyclic amines) is 1. The smallest absolute Gasteiger partial charge is 0.340 e. The quantitative estimate of drug-likeness (QED) is 0.644. The molecule has 0 spiro atoms. The topological polar surface area (TPSA) is 89.9 Å². The van der Waals surface area contributed by atoms with E-state index in [0.717, 1.165) is 6.07 Å². The van der Waals surface area contributed by atoms with Crippen molar-refractivity contribution in [2.45, 2.75) is 52.3 Å². The molecule has 1 unspecified atom stereocenters. The molecule has 1 amide bonds. The molecule has 3 aromatic rings. The van der Waals surface area contributed by atoms with Crippen LogP contribution in [0.5, 0.6) is 0 Å². The summed E-state index contributed by atoms with van der Waals surface area (Å²) in [6, 6.07) is 1.00. The maximum Gasteiger partial charge on any atom is 0.417 e. The van der Waals surface area contributed by atoms with Crippen LogP contribution in [0.3, 0.4) is 0 Å². The molecule has 0 aliphatic carbocycles. The van der Waals surface area contributed by atoms with E-state index in [1.807, 2.05) is 0 Å². The van der Waals surface area contributed by atoms with Crippen LogP contribution in [-0.2, 0) is 17.5 Å². The van der Waals surface area contributed by atoms with Gasteiger partial charge in [-0.05, 0) is 39.7 Å². The maximum absolute atomic E-state index is 13.6. The molecule has 0 aromatic carbocycles. The number of pyridine rings is 1. The molecular formula is C19H21F3N6O2. The first kappa shape index (κ1) is 20.3. The van der Waals surface area contributed by atoms with E-state index < -0.39 is 11.7 Å². The van der Waals surface area contributed by atoms with Gasteiger partial charge in [-0.2, -0.15) is 18.3 Å². The molecule has 1 aliphatic heterocycles. The first-order valence-electron chi connectivity index (χ1n) is 9.63. The van der Waals surface area contributed by atoms with E-state index in [-0.39, 0.29) is 47.4 Å². The molecule has 0 bridgehead atoms.